The lowest BCUT2D eigenvalue weighted by Gasteiger charge is -1.92. The minimum Gasteiger partial charge on any atom is -0.459 e. The van der Waals surface area contributed by atoms with E-state index in [1.54, 1.807) is 0 Å². The van der Waals surface area contributed by atoms with Crippen molar-refractivity contribution < 1.29 is 9.53 Å². The van der Waals surface area contributed by atoms with E-state index in [2.05, 4.69) is 28.8 Å². The lowest BCUT2D eigenvalue weighted by molar-refractivity contribution is -0.133. The Hall–Kier alpha value is -1.01. The number of hydrogen-bond acceptors (Lipinski definition) is 3. The van der Waals surface area contributed by atoms with E-state index in [4.69, 9.17) is 0 Å². The van der Waals surface area contributed by atoms with Gasteiger partial charge >= 0.3 is 5.97 Å². The Morgan fingerprint density at radius 1 is 1.64 bits per heavy atom. The van der Waals surface area contributed by atoms with Crippen LogP contribution in [-0.4, -0.2) is 26.2 Å². The fourth-order valence-corrected chi connectivity index (χ4v) is 0.495. The van der Waals surface area contributed by atoms with Gasteiger partial charge in [0.15, 0.2) is 0 Å². The van der Waals surface area contributed by atoms with Crippen LogP contribution in [0.5, 0.6) is 0 Å². The summed E-state index contributed by atoms with van der Waals surface area (Å²) in [5.41, 5.74) is 0. The molecule has 0 rings (SSSR count). The molecule has 0 aromatic rings. The first-order valence-electron chi connectivity index (χ1n) is 3.58. The van der Waals surface area contributed by atoms with Crippen LogP contribution in [-0.2, 0) is 9.53 Å². The summed E-state index contributed by atoms with van der Waals surface area (Å²) in [4.78, 5) is 10.4. The van der Waals surface area contributed by atoms with Gasteiger partial charge < -0.3 is 10.1 Å². The molecule has 0 fully saturated rings. The Balaban J connectivity index is 3.32. The minimum atomic E-state index is -0.483. The summed E-state index contributed by atoms with van der Waals surface area (Å²) in [5.74, 6) is 4.47. The molecule has 0 atom stereocenters. The molecule has 0 saturated heterocycles. The summed E-state index contributed by atoms with van der Waals surface area (Å²) in [6, 6.07) is 0. The van der Waals surface area contributed by atoms with Gasteiger partial charge in [0.2, 0.25) is 0 Å². The zero-order valence-electron chi connectivity index (χ0n) is 6.94. The van der Waals surface area contributed by atoms with Crippen molar-refractivity contribution in [1.29, 1.82) is 0 Å². The van der Waals surface area contributed by atoms with Gasteiger partial charge in [0.25, 0.3) is 0 Å². The van der Waals surface area contributed by atoms with E-state index in [1.807, 2.05) is 0 Å². The first-order valence-corrected chi connectivity index (χ1v) is 3.58. The fourth-order valence-electron chi connectivity index (χ4n) is 0.495. The van der Waals surface area contributed by atoms with Gasteiger partial charge in [-0.3, -0.25) is 0 Å². The van der Waals surface area contributed by atoms with Gasteiger partial charge in [-0.2, -0.15) is 0 Å². The van der Waals surface area contributed by atoms with Gasteiger partial charge in [0, 0.05) is 5.92 Å². The van der Waals surface area contributed by atoms with Gasteiger partial charge in [-0.1, -0.05) is 12.8 Å². The van der Waals surface area contributed by atoms with Crippen molar-refractivity contribution in [3.63, 3.8) is 0 Å². The Bertz CT molecular complexity index is 167. The molecule has 1 N–H and O–H groups in total. The second kappa shape index (κ2) is 7.10. The zero-order valence-corrected chi connectivity index (χ0v) is 6.94. The quantitative estimate of drug-likeness (QED) is 0.273. The number of esters is 1. The van der Waals surface area contributed by atoms with E-state index in [1.165, 1.54) is 7.11 Å². The van der Waals surface area contributed by atoms with Gasteiger partial charge in [-0.15, -0.1) is 0 Å². The molecule has 62 valence electrons. The number of nitrogens with one attached hydrogen (secondary N) is 1. The van der Waals surface area contributed by atoms with Crippen LogP contribution in [0, 0.1) is 11.8 Å². The SMILES string of the molecule is CCCNCC#CC(=O)OC. The molecule has 0 aromatic carbocycles. The molecule has 0 spiro atoms. The standard InChI is InChI=1S/C8H13NO2/c1-3-6-9-7-4-5-8(10)11-2/h9H,3,6-7H2,1-2H3. The molecule has 0 aromatic heterocycles. The zero-order chi connectivity index (χ0) is 8.53. The molecule has 0 bridgehead atoms. The average Bonchev–Trinajstić information content (AvgIpc) is 2.04. The average molecular weight is 155 g/mol. The smallest absolute Gasteiger partial charge is 0.384 e. The molecular weight excluding hydrogens is 142 g/mol. The van der Waals surface area contributed by atoms with Gasteiger partial charge in [-0.05, 0) is 13.0 Å². The molecule has 0 aliphatic rings. The molecule has 0 unspecified atom stereocenters. The number of carbonyl (C=O) groups is 1. The maximum absolute atomic E-state index is 10.4. The van der Waals surface area contributed by atoms with E-state index in [-0.39, 0.29) is 0 Å². The van der Waals surface area contributed by atoms with Crippen molar-refractivity contribution in [3.05, 3.63) is 0 Å². The van der Waals surface area contributed by atoms with Crippen LogP contribution in [0.25, 0.3) is 0 Å². The highest BCUT2D eigenvalue weighted by atomic mass is 16.5. The van der Waals surface area contributed by atoms with Gasteiger partial charge in [-0.25, -0.2) is 4.79 Å². The number of rotatable bonds is 3. The van der Waals surface area contributed by atoms with Gasteiger partial charge in [0.05, 0.1) is 13.7 Å². The maximum atomic E-state index is 10.4. The highest BCUT2D eigenvalue weighted by Gasteiger charge is 1.87. The van der Waals surface area contributed by atoms with Crippen molar-refractivity contribution in [1.82, 2.24) is 5.32 Å². The predicted octanol–water partition coefficient (Wildman–Crippen LogP) is 0.162. The van der Waals surface area contributed by atoms with Crippen molar-refractivity contribution >= 4 is 5.97 Å². The van der Waals surface area contributed by atoms with Crippen LogP contribution in [0.2, 0.25) is 0 Å². The van der Waals surface area contributed by atoms with E-state index in [9.17, 15) is 4.79 Å². The maximum Gasteiger partial charge on any atom is 0.384 e. The molecule has 11 heavy (non-hydrogen) atoms. The van der Waals surface area contributed by atoms with Crippen LogP contribution in [0.1, 0.15) is 13.3 Å². The first-order chi connectivity index (χ1) is 5.31. The van der Waals surface area contributed by atoms with Crippen molar-refractivity contribution in [2.24, 2.45) is 0 Å². The molecule has 0 aliphatic heterocycles. The second-order valence-electron chi connectivity index (χ2n) is 1.97. The van der Waals surface area contributed by atoms with E-state index in [0.29, 0.717) is 6.54 Å². The van der Waals surface area contributed by atoms with Crippen LogP contribution in [0.15, 0.2) is 0 Å². The lowest BCUT2D eigenvalue weighted by Crippen LogP contribution is -2.14. The van der Waals surface area contributed by atoms with Crippen molar-refractivity contribution in [2.45, 2.75) is 13.3 Å². The van der Waals surface area contributed by atoms with E-state index < -0.39 is 5.97 Å². The van der Waals surface area contributed by atoms with Crippen LogP contribution in [0.3, 0.4) is 0 Å². The van der Waals surface area contributed by atoms with Gasteiger partial charge in [0.1, 0.15) is 0 Å². The summed E-state index contributed by atoms with van der Waals surface area (Å²) in [5, 5.41) is 3.03. The second-order valence-corrected chi connectivity index (χ2v) is 1.97. The normalized spacial score (nSPS) is 8.18. The summed E-state index contributed by atoms with van der Waals surface area (Å²) in [6.45, 7) is 3.54. The lowest BCUT2D eigenvalue weighted by atomic mass is 10.4. The summed E-state index contributed by atoms with van der Waals surface area (Å²) in [7, 11) is 1.32. The van der Waals surface area contributed by atoms with E-state index >= 15 is 0 Å². The molecule has 0 amide bonds. The van der Waals surface area contributed by atoms with Crippen molar-refractivity contribution in [3.8, 4) is 11.8 Å². The topological polar surface area (TPSA) is 38.3 Å². The predicted molar refractivity (Wildman–Crippen MR) is 43.0 cm³/mol. The Morgan fingerprint density at radius 3 is 2.91 bits per heavy atom. The fraction of sp³-hybridized carbons (Fsp3) is 0.625. The molecule has 0 aliphatic carbocycles. The minimum absolute atomic E-state index is 0.483. The highest BCUT2D eigenvalue weighted by Crippen LogP contribution is 1.69. The number of methoxy groups -OCH3 is 1. The van der Waals surface area contributed by atoms with Crippen LogP contribution >= 0.6 is 0 Å². The summed E-state index contributed by atoms with van der Waals surface area (Å²) < 4.78 is 4.32. The number of hydrogen-bond donors (Lipinski definition) is 1. The number of carbonyl (C=O) groups excluding carboxylic acids is 1. The summed E-state index contributed by atoms with van der Waals surface area (Å²) in [6.07, 6.45) is 1.07. The first kappa shape index (κ1) is 9.99. The molecule has 0 radical (unpaired) electrons. The summed E-state index contributed by atoms with van der Waals surface area (Å²) >= 11 is 0. The molecular formula is C8H13NO2. The molecule has 0 saturated carbocycles. The van der Waals surface area contributed by atoms with Crippen LogP contribution in [0.4, 0.5) is 0 Å². The van der Waals surface area contributed by atoms with Crippen molar-refractivity contribution in [2.75, 3.05) is 20.2 Å². The third-order valence-electron chi connectivity index (χ3n) is 1.02. The largest absolute Gasteiger partial charge is 0.459 e. The monoisotopic (exact) mass is 155 g/mol. The molecule has 0 heterocycles. The highest BCUT2D eigenvalue weighted by molar-refractivity contribution is 5.88. The Morgan fingerprint density at radius 2 is 2.36 bits per heavy atom. The molecule has 3 heteroatoms. The Labute approximate surface area is 67.1 Å². The third kappa shape index (κ3) is 6.88. The molecule has 3 nitrogen and oxygen atoms in total. The number of ether oxygens (including phenoxy) is 1. The third-order valence-corrected chi connectivity index (χ3v) is 1.02. The van der Waals surface area contributed by atoms with Crippen LogP contribution < -0.4 is 5.32 Å². The van der Waals surface area contributed by atoms with E-state index in [0.717, 1.165) is 13.0 Å². The Kier molecular flexibility index (Phi) is 6.45.